The van der Waals surface area contributed by atoms with E-state index in [1.807, 2.05) is 30.3 Å². The number of carbonyl (C=O) groups is 1. The number of hydrogen-bond donors (Lipinski definition) is 1. The molecule has 30 heavy (non-hydrogen) atoms. The monoisotopic (exact) mass is 406 g/mol. The molecule has 0 aliphatic carbocycles. The third-order valence-corrected chi connectivity index (χ3v) is 5.84. The van der Waals surface area contributed by atoms with Crippen molar-refractivity contribution in [3.63, 3.8) is 0 Å². The number of nitrogens with zero attached hydrogens (tertiary/aromatic N) is 3. The molecule has 0 aromatic heterocycles. The third-order valence-electron chi connectivity index (χ3n) is 5.84. The fourth-order valence-electron chi connectivity index (χ4n) is 4.29. The minimum absolute atomic E-state index is 0.0995. The number of para-hydroxylation sites is 1. The van der Waals surface area contributed by atoms with Gasteiger partial charge in [0.25, 0.3) is 5.91 Å². The summed E-state index contributed by atoms with van der Waals surface area (Å²) in [7, 11) is 0. The average molecular weight is 407 g/mol. The van der Waals surface area contributed by atoms with E-state index in [-0.39, 0.29) is 12.5 Å². The molecule has 2 aliphatic heterocycles. The van der Waals surface area contributed by atoms with Gasteiger partial charge in [0.2, 0.25) is 0 Å². The Kier molecular flexibility index (Phi) is 6.64. The molecule has 0 bridgehead atoms. The molecule has 0 atom stereocenters. The topological polar surface area (TPSA) is 71.2 Å². The van der Waals surface area contributed by atoms with Crippen LogP contribution in [0.2, 0.25) is 0 Å². The van der Waals surface area contributed by atoms with Crippen LogP contribution in [-0.2, 0) is 22.6 Å². The lowest BCUT2D eigenvalue weighted by molar-refractivity contribution is -0.123. The van der Waals surface area contributed by atoms with E-state index in [9.17, 15) is 4.79 Å². The van der Waals surface area contributed by atoms with Gasteiger partial charge in [-0.1, -0.05) is 48.0 Å². The lowest BCUT2D eigenvalue weighted by Gasteiger charge is -2.29. The zero-order valence-electron chi connectivity index (χ0n) is 17.4. The van der Waals surface area contributed by atoms with Gasteiger partial charge < -0.3 is 15.5 Å². The molecule has 2 aromatic carbocycles. The highest BCUT2D eigenvalue weighted by atomic mass is 16.6. The molecular weight excluding hydrogens is 376 g/mol. The molecule has 0 spiro atoms. The Bertz CT molecular complexity index is 906. The first-order valence-corrected chi connectivity index (χ1v) is 10.9. The van der Waals surface area contributed by atoms with E-state index in [2.05, 4.69) is 28.3 Å². The second kappa shape index (κ2) is 9.76. The molecular formula is C24H30N4O2. The number of rotatable bonds is 6. The highest BCUT2D eigenvalue weighted by Crippen LogP contribution is 2.26. The van der Waals surface area contributed by atoms with E-state index in [0.717, 1.165) is 43.7 Å². The number of aryl methyl sites for hydroxylation is 1. The number of fused-ring (bicyclic) bond motifs is 1. The largest absolute Gasteiger partial charge is 0.384 e. The Balaban J connectivity index is 1.34. The molecule has 1 amide bonds. The first kappa shape index (κ1) is 20.4. The van der Waals surface area contributed by atoms with Crippen LogP contribution in [0.3, 0.4) is 0 Å². The number of oxime groups is 1. The van der Waals surface area contributed by atoms with Crippen molar-refractivity contribution >= 4 is 17.4 Å². The molecule has 6 heteroatoms. The van der Waals surface area contributed by atoms with Crippen molar-refractivity contribution in [3.05, 3.63) is 65.2 Å². The van der Waals surface area contributed by atoms with E-state index in [0.29, 0.717) is 12.4 Å². The van der Waals surface area contributed by atoms with Crippen LogP contribution in [0.15, 0.2) is 53.7 Å². The van der Waals surface area contributed by atoms with Crippen molar-refractivity contribution in [3.8, 4) is 0 Å². The van der Waals surface area contributed by atoms with Crippen molar-refractivity contribution in [2.24, 2.45) is 10.9 Å². The second-order valence-electron chi connectivity index (χ2n) is 8.06. The molecule has 0 saturated carbocycles. The maximum atomic E-state index is 12.6. The van der Waals surface area contributed by atoms with Crippen molar-refractivity contribution in [1.29, 1.82) is 0 Å². The van der Waals surface area contributed by atoms with Crippen molar-refractivity contribution < 1.29 is 9.63 Å². The number of amides is 1. The van der Waals surface area contributed by atoms with Crippen LogP contribution < -0.4 is 10.6 Å². The number of nitrogens with two attached hydrogens (primary N) is 1. The van der Waals surface area contributed by atoms with Gasteiger partial charge in [-0.3, -0.25) is 9.69 Å². The van der Waals surface area contributed by atoms with Gasteiger partial charge in [0.1, 0.15) is 0 Å². The van der Waals surface area contributed by atoms with Crippen LogP contribution in [0.1, 0.15) is 42.4 Å². The molecule has 0 radical (unpaired) electrons. The highest BCUT2D eigenvalue weighted by molar-refractivity contribution is 5.98. The molecule has 4 rings (SSSR count). The predicted molar refractivity (Wildman–Crippen MR) is 119 cm³/mol. The van der Waals surface area contributed by atoms with Crippen LogP contribution >= 0.6 is 0 Å². The Labute approximate surface area is 178 Å². The number of likely N-dealkylation sites (tertiary alicyclic amines) is 1. The quantitative estimate of drug-likeness (QED) is 0.454. The average Bonchev–Trinajstić information content (AvgIpc) is 2.79. The number of benzene rings is 2. The maximum Gasteiger partial charge on any atom is 0.267 e. The van der Waals surface area contributed by atoms with Crippen LogP contribution in [-0.4, -0.2) is 42.9 Å². The van der Waals surface area contributed by atoms with Crippen LogP contribution in [0.4, 0.5) is 5.69 Å². The second-order valence-corrected chi connectivity index (χ2v) is 8.06. The molecule has 2 aromatic rings. The van der Waals surface area contributed by atoms with Crippen LogP contribution in [0.5, 0.6) is 0 Å². The van der Waals surface area contributed by atoms with Crippen LogP contribution in [0, 0.1) is 0 Å². The number of hydrogen-bond acceptors (Lipinski definition) is 4. The fraction of sp³-hybridized carbons (Fsp3) is 0.417. The van der Waals surface area contributed by atoms with Gasteiger partial charge in [-0.15, -0.1) is 0 Å². The summed E-state index contributed by atoms with van der Waals surface area (Å²) in [6.45, 7) is 3.81. The smallest absolute Gasteiger partial charge is 0.267 e. The first-order valence-electron chi connectivity index (χ1n) is 10.9. The summed E-state index contributed by atoms with van der Waals surface area (Å²) in [5.41, 5.74) is 10.3. The number of anilines is 1. The summed E-state index contributed by atoms with van der Waals surface area (Å²) >= 11 is 0. The normalized spacial score (nSPS) is 17.5. The zero-order chi connectivity index (χ0) is 20.8. The Morgan fingerprint density at radius 3 is 2.70 bits per heavy atom. The number of piperidine rings is 1. The zero-order valence-corrected chi connectivity index (χ0v) is 17.4. The van der Waals surface area contributed by atoms with Gasteiger partial charge in [0.05, 0.1) is 0 Å². The van der Waals surface area contributed by atoms with Crippen LogP contribution in [0.25, 0.3) is 0 Å². The van der Waals surface area contributed by atoms with Crippen molar-refractivity contribution in [1.82, 2.24) is 4.90 Å². The minimum Gasteiger partial charge on any atom is -0.384 e. The van der Waals surface area contributed by atoms with E-state index >= 15 is 0 Å². The summed E-state index contributed by atoms with van der Waals surface area (Å²) in [6.07, 6.45) is 5.83. The molecule has 6 nitrogen and oxygen atoms in total. The Morgan fingerprint density at radius 2 is 1.83 bits per heavy atom. The van der Waals surface area contributed by atoms with Gasteiger partial charge in [-0.25, -0.2) is 0 Å². The SMILES string of the molecule is N/C(=N/OCC(=O)N1CCCc2ccccc21)c1cccc(CN2CCCCC2)c1. The molecule has 0 unspecified atom stereocenters. The lowest BCUT2D eigenvalue weighted by atomic mass is 10.0. The number of amidine groups is 1. The molecule has 158 valence electrons. The lowest BCUT2D eigenvalue weighted by Crippen LogP contribution is -2.37. The Hall–Kier alpha value is -2.86. The predicted octanol–water partition coefficient (Wildman–Crippen LogP) is 3.29. The Morgan fingerprint density at radius 1 is 1.00 bits per heavy atom. The first-order chi connectivity index (χ1) is 14.7. The minimum atomic E-state index is -0.123. The summed E-state index contributed by atoms with van der Waals surface area (Å²) < 4.78 is 0. The molecule has 2 N–H and O–H groups in total. The van der Waals surface area contributed by atoms with Gasteiger partial charge >= 0.3 is 0 Å². The van der Waals surface area contributed by atoms with Gasteiger partial charge in [0.15, 0.2) is 12.4 Å². The van der Waals surface area contributed by atoms with E-state index in [1.54, 1.807) is 4.90 Å². The number of carbonyl (C=O) groups excluding carboxylic acids is 1. The summed E-state index contributed by atoms with van der Waals surface area (Å²) in [6, 6.07) is 16.1. The van der Waals surface area contributed by atoms with Crippen molar-refractivity contribution in [2.75, 3.05) is 31.1 Å². The van der Waals surface area contributed by atoms with E-state index < -0.39 is 0 Å². The highest BCUT2D eigenvalue weighted by Gasteiger charge is 2.22. The van der Waals surface area contributed by atoms with Gasteiger partial charge in [0, 0.05) is 24.3 Å². The van der Waals surface area contributed by atoms with E-state index in [1.165, 1.54) is 30.4 Å². The standard InChI is InChI=1S/C24H30N4O2/c25-24(21-10-6-8-19(16-21)17-27-13-4-1-5-14-27)26-30-18-23(29)28-15-7-11-20-9-2-3-12-22(20)28/h2-3,6,8-10,12,16H,1,4-5,7,11,13-15,17-18H2,(H2,25,26). The maximum absolute atomic E-state index is 12.6. The summed E-state index contributed by atoms with van der Waals surface area (Å²) in [4.78, 5) is 22.2. The van der Waals surface area contributed by atoms with Crippen molar-refractivity contribution in [2.45, 2.75) is 38.6 Å². The molecule has 1 saturated heterocycles. The fourth-order valence-corrected chi connectivity index (χ4v) is 4.29. The summed E-state index contributed by atoms with van der Waals surface area (Å²) in [5, 5.41) is 4.01. The molecule has 1 fully saturated rings. The summed E-state index contributed by atoms with van der Waals surface area (Å²) in [5.74, 6) is 0.194. The third kappa shape index (κ3) is 5.00. The molecule has 2 aliphatic rings. The van der Waals surface area contributed by atoms with Gasteiger partial charge in [-0.05, 0) is 62.0 Å². The molecule has 2 heterocycles. The van der Waals surface area contributed by atoms with E-state index in [4.69, 9.17) is 10.6 Å². The van der Waals surface area contributed by atoms with Gasteiger partial charge in [-0.2, -0.15) is 0 Å².